The molecular weight excluding hydrogens is 555 g/mol. The number of carbonyl (C=O) groups is 2. The summed E-state index contributed by atoms with van der Waals surface area (Å²) < 4.78 is 0. The van der Waals surface area contributed by atoms with Gasteiger partial charge < -0.3 is 30.0 Å². The SMILES string of the molecule is CC(=O)[O-].CC(=O)[O-].CCCc1cc(C)c(O)c(C=NC2CCCC2N=Cc2cc(CCC)cc(C)c2O)c1.[Co+2]. The Labute approximate surface area is 248 Å². The van der Waals surface area contributed by atoms with Crippen LogP contribution in [0.4, 0.5) is 0 Å². The van der Waals surface area contributed by atoms with Crippen LogP contribution in [0, 0.1) is 13.8 Å². The molecule has 3 rings (SSSR count). The van der Waals surface area contributed by atoms with E-state index in [9.17, 15) is 10.2 Å². The number of carboxylic acid groups (broad SMARTS) is 2. The number of carbonyl (C=O) groups excluding carboxylic acids is 2. The number of benzene rings is 2. The van der Waals surface area contributed by atoms with E-state index in [1.165, 1.54) is 11.1 Å². The zero-order valence-corrected chi connectivity index (χ0v) is 25.4. The van der Waals surface area contributed by atoms with Crippen molar-refractivity contribution in [1.82, 2.24) is 0 Å². The van der Waals surface area contributed by atoms with E-state index < -0.39 is 11.9 Å². The number of rotatable bonds is 8. The van der Waals surface area contributed by atoms with Crippen molar-refractivity contribution in [3.8, 4) is 11.5 Å². The van der Waals surface area contributed by atoms with Gasteiger partial charge in [0.05, 0.1) is 12.1 Å². The third kappa shape index (κ3) is 13.3. The third-order valence-corrected chi connectivity index (χ3v) is 6.11. The van der Waals surface area contributed by atoms with E-state index in [2.05, 4.69) is 26.0 Å². The van der Waals surface area contributed by atoms with Crippen molar-refractivity contribution < 1.29 is 46.8 Å². The number of aliphatic carboxylic acids is 2. The quantitative estimate of drug-likeness (QED) is 0.445. The molecule has 0 saturated heterocycles. The van der Waals surface area contributed by atoms with Crippen molar-refractivity contribution in [3.63, 3.8) is 0 Å². The van der Waals surface area contributed by atoms with E-state index in [0.717, 1.165) is 81.0 Å². The van der Waals surface area contributed by atoms with E-state index >= 15 is 0 Å². The molecule has 1 fully saturated rings. The van der Waals surface area contributed by atoms with E-state index in [1.54, 1.807) is 0 Å². The van der Waals surface area contributed by atoms with Gasteiger partial charge in [-0.3, -0.25) is 9.98 Å². The molecule has 1 aliphatic carbocycles. The van der Waals surface area contributed by atoms with Gasteiger partial charge in [-0.15, -0.1) is 0 Å². The van der Waals surface area contributed by atoms with Crippen molar-refractivity contribution >= 4 is 24.4 Å². The van der Waals surface area contributed by atoms with Crippen molar-refractivity contribution in [2.24, 2.45) is 9.98 Å². The molecule has 0 bridgehead atoms. The molecule has 0 aliphatic heterocycles. The van der Waals surface area contributed by atoms with E-state index in [-0.39, 0.29) is 28.9 Å². The normalized spacial score (nSPS) is 16.1. The molecule has 1 radical (unpaired) electrons. The molecule has 1 saturated carbocycles. The number of carboxylic acids is 2. The van der Waals surface area contributed by atoms with Crippen LogP contribution in [-0.4, -0.2) is 46.7 Å². The van der Waals surface area contributed by atoms with Crippen LogP contribution in [0.2, 0.25) is 0 Å². The minimum atomic E-state index is -1.08. The van der Waals surface area contributed by atoms with E-state index in [4.69, 9.17) is 29.8 Å². The van der Waals surface area contributed by atoms with Crippen LogP contribution in [0.3, 0.4) is 0 Å². The Morgan fingerprint density at radius 2 is 1.12 bits per heavy atom. The summed E-state index contributed by atoms with van der Waals surface area (Å²) in [7, 11) is 0. The molecule has 0 heterocycles. The molecule has 2 N–H and O–H groups in total. The van der Waals surface area contributed by atoms with E-state index in [0.29, 0.717) is 11.5 Å². The molecule has 2 unspecified atom stereocenters. The molecule has 221 valence electrons. The van der Waals surface area contributed by atoms with Gasteiger partial charge in [0.25, 0.3) is 0 Å². The number of nitrogens with zero attached hydrogens (tertiary/aromatic N) is 2. The largest absolute Gasteiger partial charge is 2.00 e. The van der Waals surface area contributed by atoms with Gasteiger partial charge in [0.15, 0.2) is 0 Å². The van der Waals surface area contributed by atoms with Gasteiger partial charge in [0.2, 0.25) is 0 Å². The summed E-state index contributed by atoms with van der Waals surface area (Å²) in [6.07, 6.45) is 10.9. The van der Waals surface area contributed by atoms with Crippen LogP contribution < -0.4 is 10.2 Å². The number of phenolic OH excluding ortho intramolecular Hbond substituents is 2. The molecule has 2 aromatic carbocycles. The van der Waals surface area contributed by atoms with Crippen LogP contribution in [-0.2, 0) is 39.2 Å². The maximum atomic E-state index is 10.5. The molecule has 8 nitrogen and oxygen atoms in total. The molecule has 1 aliphatic rings. The Hall–Kier alpha value is -3.17. The van der Waals surface area contributed by atoms with Gasteiger partial charge in [-0.1, -0.05) is 38.8 Å². The average Bonchev–Trinajstić information content (AvgIpc) is 3.28. The zero-order chi connectivity index (χ0) is 29.5. The smallest absolute Gasteiger partial charge is 0.550 e. The first-order valence-electron chi connectivity index (χ1n) is 13.5. The summed E-state index contributed by atoms with van der Waals surface area (Å²) in [6.45, 7) is 10.1. The second kappa shape index (κ2) is 19.0. The van der Waals surface area contributed by atoms with E-state index in [1.807, 2.05) is 38.4 Å². The van der Waals surface area contributed by atoms with Gasteiger partial charge >= 0.3 is 16.8 Å². The minimum Gasteiger partial charge on any atom is -0.550 e. The monoisotopic (exact) mass is 597 g/mol. The zero-order valence-electron chi connectivity index (χ0n) is 24.3. The number of aryl methyl sites for hydroxylation is 4. The number of phenols is 2. The minimum absolute atomic E-state index is 0. The summed E-state index contributed by atoms with van der Waals surface area (Å²) in [5.74, 6) is -1.54. The number of hydrogen-bond acceptors (Lipinski definition) is 8. The first-order chi connectivity index (χ1) is 18.4. The van der Waals surface area contributed by atoms with Gasteiger partial charge in [-0.25, -0.2) is 0 Å². The summed E-state index contributed by atoms with van der Waals surface area (Å²) in [6, 6.07) is 8.41. The molecule has 0 aromatic heterocycles. The number of aromatic hydroxyl groups is 2. The predicted molar refractivity (Wildman–Crippen MR) is 152 cm³/mol. The molecule has 2 aromatic rings. The topological polar surface area (TPSA) is 145 Å². The van der Waals surface area contributed by atoms with Crippen molar-refractivity contribution in [2.75, 3.05) is 0 Å². The molecule has 2 atom stereocenters. The van der Waals surface area contributed by atoms with Crippen molar-refractivity contribution in [3.05, 3.63) is 57.6 Å². The Morgan fingerprint density at radius 3 is 1.43 bits per heavy atom. The van der Waals surface area contributed by atoms with Crippen LogP contribution in [0.25, 0.3) is 0 Å². The van der Waals surface area contributed by atoms with Gasteiger partial charge in [-0.2, -0.15) is 0 Å². The Balaban J connectivity index is 0.00000149. The summed E-state index contributed by atoms with van der Waals surface area (Å²) >= 11 is 0. The molecule has 40 heavy (non-hydrogen) atoms. The van der Waals surface area contributed by atoms with Crippen LogP contribution in [0.15, 0.2) is 34.3 Å². The molecule has 9 heteroatoms. The Bertz CT molecular complexity index is 1070. The number of aliphatic imine (C=N–C) groups is 2. The summed E-state index contributed by atoms with van der Waals surface area (Å²) in [4.78, 5) is 27.4. The predicted octanol–water partition coefficient (Wildman–Crippen LogP) is 3.59. The standard InChI is InChI=1S/C27H36N2O2.2C2H4O2.Co/c1-5-8-20-12-18(3)26(30)22(14-20)16-28-24-10-7-11-25(24)29-17-23-15-21(9-6-2)13-19(4)27(23)31;2*1-2(3)4;/h12-17,24-25,30-31H,5-11H2,1-4H3;2*1H3,(H,3,4);/q;;;+2/p-2. The molecular formula is C31H42CoN2O6. The second-order valence-corrected chi connectivity index (χ2v) is 9.81. The van der Waals surface area contributed by atoms with Gasteiger partial charge in [0, 0.05) is 35.5 Å². The fourth-order valence-corrected chi connectivity index (χ4v) is 4.45. The Morgan fingerprint density at radius 1 is 0.800 bits per heavy atom. The van der Waals surface area contributed by atoms with Crippen LogP contribution in [0.1, 0.15) is 93.2 Å². The second-order valence-electron chi connectivity index (χ2n) is 9.81. The maximum absolute atomic E-state index is 10.5. The first kappa shape index (κ1) is 36.8. The molecule has 0 amide bonds. The van der Waals surface area contributed by atoms with Crippen molar-refractivity contribution in [1.29, 1.82) is 0 Å². The number of hydrogen-bond donors (Lipinski definition) is 2. The maximum Gasteiger partial charge on any atom is 2.00 e. The Kier molecular flexibility index (Phi) is 17.5. The van der Waals surface area contributed by atoms with Crippen LogP contribution >= 0.6 is 0 Å². The fourth-order valence-electron chi connectivity index (χ4n) is 4.45. The van der Waals surface area contributed by atoms with Crippen LogP contribution in [0.5, 0.6) is 11.5 Å². The first-order valence-corrected chi connectivity index (χ1v) is 13.5. The summed E-state index contributed by atoms with van der Waals surface area (Å²) in [5.41, 5.74) is 5.84. The average molecular weight is 598 g/mol. The van der Waals surface area contributed by atoms with Crippen molar-refractivity contribution in [2.45, 2.75) is 98.6 Å². The third-order valence-electron chi connectivity index (χ3n) is 6.11. The molecule has 0 spiro atoms. The summed E-state index contributed by atoms with van der Waals surface area (Å²) in [5, 5.41) is 38.7. The van der Waals surface area contributed by atoms with Gasteiger partial charge in [0.1, 0.15) is 11.5 Å². The van der Waals surface area contributed by atoms with Gasteiger partial charge in [-0.05, 0) is 94.2 Å². The fraction of sp³-hybridized carbons (Fsp3) is 0.484.